The van der Waals surface area contributed by atoms with E-state index in [4.69, 9.17) is 21.1 Å². The number of halogens is 1. The Hall–Kier alpha value is -3.72. The molecule has 0 bridgehead atoms. The largest absolute Gasteiger partial charge is 0.497 e. The predicted molar refractivity (Wildman–Crippen MR) is 126 cm³/mol. The van der Waals surface area contributed by atoms with E-state index < -0.39 is 24.1 Å². The van der Waals surface area contributed by atoms with Crippen LogP contribution >= 0.6 is 11.6 Å². The van der Waals surface area contributed by atoms with Crippen LogP contribution in [0.5, 0.6) is 11.5 Å². The number of carbonyl (C=O) groups excluding carboxylic acids is 2. The number of ether oxygens (including phenoxy) is 2. The number of hydrogen-bond donors (Lipinski definition) is 2. The molecule has 0 saturated carbocycles. The molecular weight excluding hydrogens is 462 g/mol. The summed E-state index contributed by atoms with van der Waals surface area (Å²) in [5.41, 5.74) is 0.930. The van der Waals surface area contributed by atoms with Crippen molar-refractivity contribution in [3.63, 3.8) is 0 Å². The average Bonchev–Trinajstić information content (AvgIpc) is 2.80. The Morgan fingerprint density at radius 1 is 1.18 bits per heavy atom. The minimum Gasteiger partial charge on any atom is -0.497 e. The lowest BCUT2D eigenvalue weighted by Gasteiger charge is -2.37. The molecule has 3 rings (SSSR count). The van der Waals surface area contributed by atoms with Crippen molar-refractivity contribution in [2.45, 2.75) is 19.4 Å². The maximum Gasteiger partial charge on any atom is 0.414 e. The standard InChI is InChI=1S/C24H26ClN3O6/c1-15-20(22(29)30)21(16-6-4-7-17(25)14-16)28(23(31)26-15)13-5-12-27(2)24(32)34-19-10-8-18(33-3)9-11-19/h4,6-11,14,21H,5,12-13H2,1-3H3,(H,26,31)(H,29,30). The zero-order valence-electron chi connectivity index (χ0n) is 19.1. The molecule has 1 heterocycles. The summed E-state index contributed by atoms with van der Waals surface area (Å²) >= 11 is 6.13. The van der Waals surface area contributed by atoms with Crippen molar-refractivity contribution in [2.24, 2.45) is 0 Å². The molecule has 0 radical (unpaired) electrons. The van der Waals surface area contributed by atoms with E-state index in [0.29, 0.717) is 28.5 Å². The van der Waals surface area contributed by atoms with Crippen LogP contribution in [0, 0.1) is 0 Å². The quantitative estimate of drug-likeness (QED) is 0.575. The fourth-order valence-corrected chi connectivity index (χ4v) is 3.90. The molecule has 9 nitrogen and oxygen atoms in total. The molecular formula is C24H26ClN3O6. The van der Waals surface area contributed by atoms with Crippen molar-refractivity contribution < 1.29 is 29.0 Å². The van der Waals surface area contributed by atoms with Gasteiger partial charge in [-0.1, -0.05) is 23.7 Å². The molecule has 2 aromatic rings. The zero-order valence-corrected chi connectivity index (χ0v) is 19.8. The minimum atomic E-state index is -1.13. The third-order valence-electron chi connectivity index (χ3n) is 5.41. The van der Waals surface area contributed by atoms with Crippen LogP contribution in [0.4, 0.5) is 9.59 Å². The number of urea groups is 1. The smallest absolute Gasteiger partial charge is 0.414 e. The van der Waals surface area contributed by atoms with E-state index in [1.165, 1.54) is 9.80 Å². The van der Waals surface area contributed by atoms with E-state index in [9.17, 15) is 19.5 Å². The highest BCUT2D eigenvalue weighted by Gasteiger charge is 2.37. The fraction of sp³-hybridized carbons (Fsp3) is 0.292. The van der Waals surface area contributed by atoms with Gasteiger partial charge >= 0.3 is 18.1 Å². The second-order valence-electron chi connectivity index (χ2n) is 7.74. The van der Waals surface area contributed by atoms with E-state index >= 15 is 0 Å². The van der Waals surface area contributed by atoms with Crippen molar-refractivity contribution in [3.8, 4) is 11.5 Å². The summed E-state index contributed by atoms with van der Waals surface area (Å²) in [6.07, 6.45) is -0.161. The Morgan fingerprint density at radius 3 is 2.47 bits per heavy atom. The van der Waals surface area contributed by atoms with Crippen molar-refractivity contribution in [1.29, 1.82) is 0 Å². The van der Waals surface area contributed by atoms with Crippen LogP contribution in [0.15, 0.2) is 59.8 Å². The van der Waals surface area contributed by atoms with Crippen LogP contribution in [0.2, 0.25) is 5.02 Å². The SMILES string of the molecule is COc1ccc(OC(=O)N(C)CCCN2C(=O)NC(C)=C(C(=O)O)C2c2cccc(Cl)c2)cc1. The number of amides is 3. The summed E-state index contributed by atoms with van der Waals surface area (Å²) in [6, 6.07) is 12.1. The lowest BCUT2D eigenvalue weighted by molar-refractivity contribution is -0.133. The van der Waals surface area contributed by atoms with E-state index in [1.54, 1.807) is 69.6 Å². The number of carbonyl (C=O) groups is 3. The molecule has 180 valence electrons. The average molecular weight is 488 g/mol. The molecule has 1 aliphatic rings. The maximum atomic E-state index is 12.8. The lowest BCUT2D eigenvalue weighted by Crippen LogP contribution is -2.49. The molecule has 0 saturated heterocycles. The number of benzene rings is 2. The van der Waals surface area contributed by atoms with Crippen molar-refractivity contribution in [1.82, 2.24) is 15.1 Å². The van der Waals surface area contributed by atoms with Gasteiger partial charge in [0.15, 0.2) is 0 Å². The molecule has 2 N–H and O–H groups in total. The number of allylic oxidation sites excluding steroid dienone is 1. The minimum absolute atomic E-state index is 0.0640. The molecule has 0 aromatic heterocycles. The van der Waals surface area contributed by atoms with Gasteiger partial charge in [-0.25, -0.2) is 14.4 Å². The van der Waals surface area contributed by atoms with Gasteiger partial charge in [-0.05, 0) is 55.3 Å². The monoisotopic (exact) mass is 487 g/mol. The zero-order chi connectivity index (χ0) is 24.8. The van der Waals surface area contributed by atoms with Crippen molar-refractivity contribution >= 4 is 29.7 Å². The molecule has 0 aliphatic carbocycles. The summed E-state index contributed by atoms with van der Waals surface area (Å²) in [6.45, 7) is 2.04. The third-order valence-corrected chi connectivity index (χ3v) is 5.64. The Bertz CT molecular complexity index is 1100. The van der Waals surface area contributed by atoms with Gasteiger partial charge in [-0.15, -0.1) is 0 Å². The van der Waals surface area contributed by atoms with Gasteiger partial charge < -0.3 is 29.7 Å². The molecule has 34 heavy (non-hydrogen) atoms. The molecule has 0 spiro atoms. The lowest BCUT2D eigenvalue weighted by atomic mass is 9.93. The van der Waals surface area contributed by atoms with Crippen LogP contribution in [0.25, 0.3) is 0 Å². The number of aliphatic carboxylic acids is 1. The van der Waals surface area contributed by atoms with E-state index in [0.717, 1.165) is 0 Å². The topological polar surface area (TPSA) is 108 Å². The first-order chi connectivity index (χ1) is 16.2. The van der Waals surface area contributed by atoms with Crippen LogP contribution in [-0.2, 0) is 4.79 Å². The van der Waals surface area contributed by atoms with E-state index in [-0.39, 0.29) is 24.4 Å². The van der Waals surface area contributed by atoms with Gasteiger partial charge in [-0.2, -0.15) is 0 Å². The molecule has 3 amide bonds. The first-order valence-corrected chi connectivity index (χ1v) is 10.9. The Morgan fingerprint density at radius 2 is 1.85 bits per heavy atom. The van der Waals surface area contributed by atoms with Gasteiger partial charge in [-0.3, -0.25) is 0 Å². The summed E-state index contributed by atoms with van der Waals surface area (Å²) in [5, 5.41) is 12.9. The first-order valence-electron chi connectivity index (χ1n) is 10.6. The van der Waals surface area contributed by atoms with E-state index in [1.807, 2.05) is 0 Å². The Kier molecular flexibility index (Phi) is 8.01. The predicted octanol–water partition coefficient (Wildman–Crippen LogP) is 4.29. The second-order valence-corrected chi connectivity index (χ2v) is 8.18. The third kappa shape index (κ3) is 5.79. The Labute approximate surface area is 202 Å². The molecule has 1 unspecified atom stereocenters. The maximum absolute atomic E-state index is 12.8. The van der Waals surface area contributed by atoms with Gasteiger partial charge in [0.05, 0.1) is 18.7 Å². The number of nitrogens with zero attached hydrogens (tertiary/aromatic N) is 2. The molecule has 0 fully saturated rings. The number of methoxy groups -OCH3 is 1. The van der Waals surface area contributed by atoms with Crippen LogP contribution < -0.4 is 14.8 Å². The van der Waals surface area contributed by atoms with Crippen LogP contribution in [-0.4, -0.2) is 60.2 Å². The normalized spacial score (nSPS) is 15.6. The summed E-state index contributed by atoms with van der Waals surface area (Å²) in [5.74, 6) is -0.110. The molecule has 10 heteroatoms. The van der Waals surface area contributed by atoms with Crippen molar-refractivity contribution in [3.05, 3.63) is 70.4 Å². The fourth-order valence-electron chi connectivity index (χ4n) is 3.70. The number of carboxylic acids is 1. The highest BCUT2D eigenvalue weighted by molar-refractivity contribution is 6.30. The van der Waals surface area contributed by atoms with Gasteiger partial charge in [0, 0.05) is 30.9 Å². The van der Waals surface area contributed by atoms with Crippen molar-refractivity contribution in [2.75, 3.05) is 27.2 Å². The van der Waals surface area contributed by atoms with Crippen LogP contribution in [0.3, 0.4) is 0 Å². The van der Waals surface area contributed by atoms with Crippen LogP contribution in [0.1, 0.15) is 24.9 Å². The molecule has 1 atom stereocenters. The van der Waals surface area contributed by atoms with Gasteiger partial charge in [0.25, 0.3) is 0 Å². The summed E-state index contributed by atoms with van der Waals surface area (Å²) in [7, 11) is 3.13. The Balaban J connectivity index is 1.69. The van der Waals surface area contributed by atoms with Gasteiger partial charge in [0.2, 0.25) is 0 Å². The first kappa shape index (κ1) is 24.9. The number of hydrogen-bond acceptors (Lipinski definition) is 5. The summed E-state index contributed by atoms with van der Waals surface area (Å²) in [4.78, 5) is 40.0. The van der Waals surface area contributed by atoms with E-state index in [2.05, 4.69) is 5.32 Å². The summed E-state index contributed by atoms with van der Waals surface area (Å²) < 4.78 is 10.4. The highest BCUT2D eigenvalue weighted by Crippen LogP contribution is 2.34. The second kappa shape index (κ2) is 10.9. The highest BCUT2D eigenvalue weighted by atomic mass is 35.5. The van der Waals surface area contributed by atoms with Gasteiger partial charge in [0.1, 0.15) is 11.5 Å². The molecule has 2 aromatic carbocycles. The number of carboxylic acid groups (broad SMARTS) is 1. The number of rotatable bonds is 8. The number of nitrogens with one attached hydrogen (secondary N) is 1. The molecule has 1 aliphatic heterocycles.